The van der Waals surface area contributed by atoms with E-state index in [1.54, 1.807) is 0 Å². The maximum absolute atomic E-state index is 5.57. The molecular weight excluding hydrogens is 210 g/mol. The summed E-state index contributed by atoms with van der Waals surface area (Å²) in [4.78, 5) is 0. The van der Waals surface area contributed by atoms with Crippen molar-refractivity contribution in [1.29, 1.82) is 0 Å². The van der Waals surface area contributed by atoms with Crippen molar-refractivity contribution in [1.82, 2.24) is 5.32 Å². The van der Waals surface area contributed by atoms with Gasteiger partial charge in [0.05, 0.1) is 6.54 Å². The molecule has 0 bridgehead atoms. The minimum absolute atomic E-state index is 0.483. The summed E-state index contributed by atoms with van der Waals surface area (Å²) >= 11 is 0. The first-order valence-corrected chi connectivity index (χ1v) is 6.19. The Kier molecular flexibility index (Phi) is 2.73. The van der Waals surface area contributed by atoms with Gasteiger partial charge in [0, 0.05) is 6.04 Å². The monoisotopic (exact) mass is 227 g/mol. The molecule has 0 radical (unpaired) electrons. The Hall–Kier alpha value is -1.54. The number of furan rings is 1. The Labute approximate surface area is 102 Å². The summed E-state index contributed by atoms with van der Waals surface area (Å²) in [5.74, 6) is 2.00. The quantitative estimate of drug-likeness (QED) is 0.869. The topological polar surface area (TPSA) is 25.2 Å². The van der Waals surface area contributed by atoms with Gasteiger partial charge >= 0.3 is 0 Å². The number of nitrogens with one attached hydrogen (secondary N) is 1. The minimum atomic E-state index is 0.483. The molecule has 1 aliphatic carbocycles. The molecule has 1 unspecified atom stereocenters. The average Bonchev–Trinajstić information content (AvgIpc) is 2.93. The van der Waals surface area contributed by atoms with Crippen molar-refractivity contribution in [2.45, 2.75) is 32.4 Å². The summed E-state index contributed by atoms with van der Waals surface area (Å²) in [6.45, 7) is 2.79. The molecule has 2 aromatic rings. The van der Waals surface area contributed by atoms with Gasteiger partial charge in [-0.1, -0.05) is 24.3 Å². The maximum atomic E-state index is 5.57. The summed E-state index contributed by atoms with van der Waals surface area (Å²) < 4.78 is 5.57. The van der Waals surface area contributed by atoms with E-state index in [4.69, 9.17) is 4.42 Å². The number of rotatable bonds is 3. The van der Waals surface area contributed by atoms with Crippen LogP contribution < -0.4 is 5.32 Å². The molecule has 88 valence electrons. The van der Waals surface area contributed by atoms with Crippen LogP contribution in [0.5, 0.6) is 0 Å². The third-order valence-corrected chi connectivity index (χ3v) is 3.45. The Balaban J connectivity index is 1.68. The molecule has 1 atom stereocenters. The SMILES string of the molecule is Cc1ccc(CNC2CCc3ccccc32)o1. The molecule has 0 amide bonds. The van der Waals surface area contributed by atoms with E-state index in [-0.39, 0.29) is 0 Å². The lowest BCUT2D eigenvalue weighted by Crippen LogP contribution is -2.18. The molecular formula is C15H17NO. The van der Waals surface area contributed by atoms with Gasteiger partial charge in [-0.15, -0.1) is 0 Å². The molecule has 0 fully saturated rings. The van der Waals surface area contributed by atoms with Gasteiger partial charge in [0.15, 0.2) is 0 Å². The third kappa shape index (κ3) is 2.13. The van der Waals surface area contributed by atoms with Crippen LogP contribution in [0.3, 0.4) is 0 Å². The molecule has 1 N–H and O–H groups in total. The highest BCUT2D eigenvalue weighted by molar-refractivity contribution is 5.34. The van der Waals surface area contributed by atoms with Gasteiger partial charge in [0.2, 0.25) is 0 Å². The number of hydrogen-bond donors (Lipinski definition) is 1. The minimum Gasteiger partial charge on any atom is -0.465 e. The molecule has 0 spiro atoms. The van der Waals surface area contributed by atoms with Crippen molar-refractivity contribution >= 4 is 0 Å². The standard InChI is InChI=1S/C15H17NO/c1-11-6-8-13(17-11)10-16-15-9-7-12-4-2-3-5-14(12)15/h2-6,8,15-16H,7,9-10H2,1H3. The van der Waals surface area contributed by atoms with Crippen molar-refractivity contribution in [3.63, 3.8) is 0 Å². The smallest absolute Gasteiger partial charge is 0.117 e. The van der Waals surface area contributed by atoms with Crippen LogP contribution in [0.2, 0.25) is 0 Å². The highest BCUT2D eigenvalue weighted by Gasteiger charge is 2.21. The van der Waals surface area contributed by atoms with Crippen molar-refractivity contribution in [2.24, 2.45) is 0 Å². The van der Waals surface area contributed by atoms with Gasteiger partial charge < -0.3 is 9.73 Å². The summed E-state index contributed by atoms with van der Waals surface area (Å²) in [6.07, 6.45) is 2.38. The van der Waals surface area contributed by atoms with E-state index < -0.39 is 0 Å². The number of aryl methyl sites for hydroxylation is 2. The van der Waals surface area contributed by atoms with Crippen LogP contribution in [0.25, 0.3) is 0 Å². The fourth-order valence-corrected chi connectivity index (χ4v) is 2.57. The van der Waals surface area contributed by atoms with Crippen LogP contribution in [0.4, 0.5) is 0 Å². The second kappa shape index (κ2) is 4.38. The van der Waals surface area contributed by atoms with E-state index in [9.17, 15) is 0 Å². The van der Waals surface area contributed by atoms with Gasteiger partial charge in [0.1, 0.15) is 11.5 Å². The van der Waals surface area contributed by atoms with Crippen molar-refractivity contribution in [3.8, 4) is 0 Å². The molecule has 0 saturated heterocycles. The van der Waals surface area contributed by atoms with E-state index in [2.05, 4.69) is 29.6 Å². The van der Waals surface area contributed by atoms with Crippen LogP contribution in [-0.2, 0) is 13.0 Å². The lowest BCUT2D eigenvalue weighted by atomic mass is 10.1. The predicted molar refractivity (Wildman–Crippen MR) is 67.8 cm³/mol. The van der Waals surface area contributed by atoms with E-state index in [0.29, 0.717) is 6.04 Å². The van der Waals surface area contributed by atoms with E-state index >= 15 is 0 Å². The van der Waals surface area contributed by atoms with Crippen molar-refractivity contribution in [2.75, 3.05) is 0 Å². The average molecular weight is 227 g/mol. The summed E-state index contributed by atoms with van der Waals surface area (Å²) in [7, 11) is 0. The highest BCUT2D eigenvalue weighted by Crippen LogP contribution is 2.30. The molecule has 2 heteroatoms. The Morgan fingerprint density at radius 2 is 2.12 bits per heavy atom. The molecule has 3 rings (SSSR count). The molecule has 1 heterocycles. The fourth-order valence-electron chi connectivity index (χ4n) is 2.57. The molecule has 1 aromatic heterocycles. The first-order chi connectivity index (χ1) is 8.33. The van der Waals surface area contributed by atoms with Crippen LogP contribution in [0.15, 0.2) is 40.8 Å². The Bertz CT molecular complexity index is 515. The molecule has 1 aliphatic rings. The first kappa shape index (κ1) is 10.6. The second-order valence-corrected chi connectivity index (χ2v) is 4.68. The highest BCUT2D eigenvalue weighted by atomic mass is 16.3. The van der Waals surface area contributed by atoms with Crippen LogP contribution >= 0.6 is 0 Å². The zero-order chi connectivity index (χ0) is 11.7. The lowest BCUT2D eigenvalue weighted by Gasteiger charge is -2.12. The largest absolute Gasteiger partial charge is 0.465 e. The van der Waals surface area contributed by atoms with Crippen LogP contribution in [-0.4, -0.2) is 0 Å². The van der Waals surface area contributed by atoms with Crippen molar-refractivity contribution in [3.05, 3.63) is 59.0 Å². The fraction of sp³-hybridized carbons (Fsp3) is 0.333. The molecule has 1 aromatic carbocycles. The Morgan fingerprint density at radius 1 is 1.24 bits per heavy atom. The van der Waals surface area contributed by atoms with Gasteiger partial charge in [-0.25, -0.2) is 0 Å². The maximum Gasteiger partial charge on any atom is 0.117 e. The van der Waals surface area contributed by atoms with Gasteiger partial charge in [-0.3, -0.25) is 0 Å². The summed E-state index contributed by atoms with van der Waals surface area (Å²) in [6, 6.07) is 13.2. The molecule has 17 heavy (non-hydrogen) atoms. The third-order valence-electron chi connectivity index (χ3n) is 3.45. The molecule has 0 saturated carbocycles. The number of fused-ring (bicyclic) bond motifs is 1. The van der Waals surface area contributed by atoms with E-state index in [1.807, 2.05) is 19.1 Å². The lowest BCUT2D eigenvalue weighted by molar-refractivity contribution is 0.434. The number of benzene rings is 1. The van der Waals surface area contributed by atoms with Gasteiger partial charge in [-0.05, 0) is 43.0 Å². The first-order valence-electron chi connectivity index (χ1n) is 6.19. The number of hydrogen-bond acceptors (Lipinski definition) is 2. The van der Waals surface area contributed by atoms with Crippen LogP contribution in [0, 0.1) is 6.92 Å². The predicted octanol–water partition coefficient (Wildman–Crippen LogP) is 3.37. The van der Waals surface area contributed by atoms with Crippen molar-refractivity contribution < 1.29 is 4.42 Å². The molecule has 0 aliphatic heterocycles. The second-order valence-electron chi connectivity index (χ2n) is 4.68. The van der Waals surface area contributed by atoms with Gasteiger partial charge in [-0.2, -0.15) is 0 Å². The van der Waals surface area contributed by atoms with E-state index in [0.717, 1.165) is 18.1 Å². The molecule has 2 nitrogen and oxygen atoms in total. The van der Waals surface area contributed by atoms with Gasteiger partial charge in [0.25, 0.3) is 0 Å². The Morgan fingerprint density at radius 3 is 2.94 bits per heavy atom. The zero-order valence-electron chi connectivity index (χ0n) is 10.1. The zero-order valence-corrected chi connectivity index (χ0v) is 10.1. The summed E-state index contributed by atoms with van der Waals surface area (Å²) in [5.41, 5.74) is 2.94. The van der Waals surface area contributed by atoms with Crippen LogP contribution in [0.1, 0.15) is 35.1 Å². The van der Waals surface area contributed by atoms with E-state index in [1.165, 1.54) is 24.0 Å². The normalized spacial score (nSPS) is 18.3. The summed E-state index contributed by atoms with van der Waals surface area (Å²) in [5, 5.41) is 3.57.